The fourth-order valence-electron chi connectivity index (χ4n) is 2.44. The first kappa shape index (κ1) is 17.2. The quantitative estimate of drug-likeness (QED) is 0.704. The van der Waals surface area contributed by atoms with Crippen molar-refractivity contribution >= 4 is 33.9 Å². The molecule has 25 heavy (non-hydrogen) atoms. The average molecular weight is 357 g/mol. The summed E-state index contributed by atoms with van der Waals surface area (Å²) in [7, 11) is 0. The first-order chi connectivity index (χ1) is 11.9. The summed E-state index contributed by atoms with van der Waals surface area (Å²) in [5.74, 6) is -0.362. The monoisotopic (exact) mass is 357 g/mol. The van der Waals surface area contributed by atoms with Crippen LogP contribution in [0.3, 0.4) is 0 Å². The number of rotatable bonds is 3. The van der Waals surface area contributed by atoms with Crippen molar-refractivity contribution in [3.63, 3.8) is 0 Å². The van der Waals surface area contributed by atoms with E-state index in [0.717, 1.165) is 0 Å². The van der Waals surface area contributed by atoms with Gasteiger partial charge in [0, 0.05) is 17.1 Å². The van der Waals surface area contributed by atoms with Crippen molar-refractivity contribution < 1.29 is 13.9 Å². The number of hydrogen-bond acceptors (Lipinski definition) is 5. The molecule has 0 aliphatic rings. The molecule has 0 saturated heterocycles. The van der Waals surface area contributed by atoms with Gasteiger partial charge in [0.1, 0.15) is 10.8 Å². The van der Waals surface area contributed by atoms with Crippen LogP contribution in [0.25, 0.3) is 11.0 Å². The molecular weight excluding hydrogens is 341 g/mol. The molecule has 128 valence electrons. The van der Waals surface area contributed by atoms with Gasteiger partial charge in [-0.2, -0.15) is 0 Å². The normalized spacial score (nSPS) is 11.9. The van der Waals surface area contributed by atoms with Crippen LogP contribution in [0, 0.1) is 19.7 Å². The van der Waals surface area contributed by atoms with Crippen LogP contribution in [0.1, 0.15) is 22.4 Å². The summed E-state index contributed by atoms with van der Waals surface area (Å²) in [6.07, 6.45) is 1.57. The predicted octanol–water partition coefficient (Wildman–Crippen LogP) is 2.94. The summed E-state index contributed by atoms with van der Waals surface area (Å²) in [4.78, 5) is 8.65. The zero-order valence-electron chi connectivity index (χ0n) is 13.7. The minimum Gasteiger partial charge on any atom is -0.436 e. The van der Waals surface area contributed by atoms with Crippen LogP contribution in [0.15, 0.2) is 39.9 Å². The van der Waals surface area contributed by atoms with E-state index in [1.165, 1.54) is 6.07 Å². The van der Waals surface area contributed by atoms with E-state index in [9.17, 15) is 9.50 Å². The maximum absolute atomic E-state index is 13.8. The molecule has 2 heterocycles. The molecule has 0 fully saturated rings. The van der Waals surface area contributed by atoms with Crippen LogP contribution >= 0.6 is 12.2 Å². The molecule has 0 spiro atoms. The number of pyridine rings is 1. The maximum Gasteiger partial charge on any atom is 0.230 e. The standard InChI is InChI=1S/C18H16FN3O2S/c1-9-3-4-12(5-15(9)19)22-18-14(17(20)25)6-13-11(8-23)7-21-10(2)16(13)24-18/h3-7,23H,8H2,1-2H3,(H2,20,25). The Hall–Kier alpha value is -2.64. The third-order valence-electron chi connectivity index (χ3n) is 3.87. The number of aliphatic hydroxyl groups is 1. The minimum absolute atomic E-state index is 0.0929. The molecule has 0 atom stereocenters. The molecule has 3 N–H and O–H groups in total. The number of nitrogens with zero attached hydrogens (tertiary/aromatic N) is 2. The highest BCUT2D eigenvalue weighted by molar-refractivity contribution is 7.80. The molecule has 0 aliphatic carbocycles. The smallest absolute Gasteiger partial charge is 0.230 e. The Morgan fingerprint density at radius 1 is 1.36 bits per heavy atom. The molecule has 0 amide bonds. The van der Waals surface area contributed by atoms with E-state index in [4.69, 9.17) is 22.4 Å². The van der Waals surface area contributed by atoms with Crippen LogP contribution < -0.4 is 11.3 Å². The van der Waals surface area contributed by atoms with E-state index < -0.39 is 0 Å². The van der Waals surface area contributed by atoms with Crippen molar-refractivity contribution in [2.24, 2.45) is 10.7 Å². The van der Waals surface area contributed by atoms with Crippen LogP contribution in [0.4, 0.5) is 10.1 Å². The molecule has 5 nitrogen and oxygen atoms in total. The highest BCUT2D eigenvalue weighted by Gasteiger charge is 2.12. The van der Waals surface area contributed by atoms with E-state index in [-0.39, 0.29) is 23.0 Å². The van der Waals surface area contributed by atoms with Gasteiger partial charge < -0.3 is 15.3 Å². The second-order valence-electron chi connectivity index (χ2n) is 5.64. The topological polar surface area (TPSA) is 84.6 Å². The Bertz CT molecular complexity index is 1060. The largest absolute Gasteiger partial charge is 0.436 e. The Kier molecular flexibility index (Phi) is 4.61. The van der Waals surface area contributed by atoms with Gasteiger partial charge in [-0.25, -0.2) is 9.38 Å². The van der Waals surface area contributed by atoms with E-state index >= 15 is 0 Å². The van der Waals surface area contributed by atoms with Crippen LogP contribution in [0.5, 0.6) is 0 Å². The Morgan fingerprint density at radius 3 is 2.76 bits per heavy atom. The first-order valence-electron chi connectivity index (χ1n) is 7.54. The number of halogens is 1. The minimum atomic E-state index is -0.362. The summed E-state index contributed by atoms with van der Waals surface area (Å²) in [6.45, 7) is 3.25. The van der Waals surface area contributed by atoms with Crippen molar-refractivity contribution in [3.05, 3.63) is 64.2 Å². The lowest BCUT2D eigenvalue weighted by Gasteiger charge is -2.08. The lowest BCUT2D eigenvalue weighted by atomic mass is 10.1. The van der Waals surface area contributed by atoms with Crippen molar-refractivity contribution in [2.45, 2.75) is 20.5 Å². The van der Waals surface area contributed by atoms with Gasteiger partial charge >= 0.3 is 0 Å². The SMILES string of the molecule is Cc1ccc(N=c2oc3c(C)ncc(CO)c3cc2C(N)=S)cc1F. The molecule has 3 rings (SSSR count). The number of aromatic nitrogens is 1. The van der Waals surface area contributed by atoms with Gasteiger partial charge in [0.05, 0.1) is 23.6 Å². The van der Waals surface area contributed by atoms with Crippen molar-refractivity contribution in [3.8, 4) is 0 Å². The number of aliphatic hydroxyl groups excluding tert-OH is 1. The van der Waals surface area contributed by atoms with Crippen LogP contribution in [-0.4, -0.2) is 15.1 Å². The zero-order chi connectivity index (χ0) is 18.1. The molecule has 0 saturated carbocycles. The van der Waals surface area contributed by atoms with Crippen LogP contribution in [0.2, 0.25) is 0 Å². The molecule has 0 aliphatic heterocycles. The lowest BCUT2D eigenvalue weighted by Crippen LogP contribution is -2.21. The Balaban J connectivity index is 2.35. The average Bonchev–Trinajstić information content (AvgIpc) is 2.58. The van der Waals surface area contributed by atoms with Crippen LogP contribution in [-0.2, 0) is 6.61 Å². The molecule has 0 radical (unpaired) electrons. The van der Waals surface area contributed by atoms with Gasteiger partial charge in [0.15, 0.2) is 5.58 Å². The number of hydrogen-bond donors (Lipinski definition) is 2. The van der Waals surface area contributed by atoms with Crippen molar-refractivity contribution in [1.82, 2.24) is 4.98 Å². The molecule has 7 heteroatoms. The van der Waals surface area contributed by atoms with E-state index in [0.29, 0.717) is 39.0 Å². The maximum atomic E-state index is 13.8. The number of thiocarbonyl (C=S) groups is 1. The summed E-state index contributed by atoms with van der Waals surface area (Å²) in [6, 6.07) is 6.33. The number of aryl methyl sites for hydroxylation is 2. The molecule has 0 bridgehead atoms. The fourth-order valence-corrected chi connectivity index (χ4v) is 2.59. The second-order valence-corrected chi connectivity index (χ2v) is 6.08. The predicted molar refractivity (Wildman–Crippen MR) is 96.9 cm³/mol. The Morgan fingerprint density at radius 2 is 2.12 bits per heavy atom. The van der Waals surface area contributed by atoms with E-state index in [2.05, 4.69) is 9.98 Å². The van der Waals surface area contributed by atoms with E-state index in [1.54, 1.807) is 38.2 Å². The molecular formula is C18H16FN3O2S. The Labute approximate surface area is 148 Å². The highest BCUT2D eigenvalue weighted by Crippen LogP contribution is 2.22. The van der Waals surface area contributed by atoms with Gasteiger partial charge in [0.25, 0.3) is 0 Å². The van der Waals surface area contributed by atoms with Gasteiger partial charge in [-0.05, 0) is 37.6 Å². The highest BCUT2D eigenvalue weighted by atomic mass is 32.1. The zero-order valence-corrected chi connectivity index (χ0v) is 14.5. The summed E-state index contributed by atoms with van der Waals surface area (Å²) in [5, 5.41) is 10.2. The lowest BCUT2D eigenvalue weighted by molar-refractivity contribution is 0.282. The fraction of sp³-hybridized carbons (Fsp3) is 0.167. The van der Waals surface area contributed by atoms with Crippen molar-refractivity contribution in [2.75, 3.05) is 0 Å². The molecule has 2 aromatic heterocycles. The number of benzene rings is 1. The summed E-state index contributed by atoms with van der Waals surface area (Å²) in [5.41, 5.74) is 8.98. The van der Waals surface area contributed by atoms with Gasteiger partial charge in [-0.3, -0.25) is 4.98 Å². The third-order valence-corrected chi connectivity index (χ3v) is 4.09. The summed E-state index contributed by atoms with van der Waals surface area (Å²) >= 11 is 5.09. The second kappa shape index (κ2) is 6.70. The summed E-state index contributed by atoms with van der Waals surface area (Å²) < 4.78 is 19.6. The van der Waals surface area contributed by atoms with Gasteiger partial charge in [0.2, 0.25) is 5.55 Å². The van der Waals surface area contributed by atoms with Gasteiger partial charge in [-0.15, -0.1) is 0 Å². The first-order valence-corrected chi connectivity index (χ1v) is 7.95. The molecule has 3 aromatic rings. The number of fused-ring (bicyclic) bond motifs is 1. The molecule has 1 aromatic carbocycles. The molecule has 0 unspecified atom stereocenters. The van der Waals surface area contributed by atoms with E-state index in [1.807, 2.05) is 0 Å². The van der Waals surface area contributed by atoms with Crippen molar-refractivity contribution in [1.29, 1.82) is 0 Å². The van der Waals surface area contributed by atoms with Gasteiger partial charge in [-0.1, -0.05) is 18.3 Å². The third kappa shape index (κ3) is 3.29. The number of nitrogens with two attached hydrogens (primary N) is 1.